The van der Waals surface area contributed by atoms with E-state index >= 15 is 0 Å². The Morgan fingerprint density at radius 3 is 2.72 bits per heavy atom. The number of benzene rings is 1. The third-order valence-electron chi connectivity index (χ3n) is 5.36. The van der Waals surface area contributed by atoms with Crippen molar-refractivity contribution in [2.24, 2.45) is 11.8 Å². The highest BCUT2D eigenvalue weighted by molar-refractivity contribution is 7.91. The number of hydrogen-bond donors (Lipinski definition) is 1. The molecule has 3 rings (SSSR count). The molecule has 0 radical (unpaired) electrons. The van der Waals surface area contributed by atoms with Gasteiger partial charge in [0.05, 0.1) is 24.0 Å². The predicted molar refractivity (Wildman–Crippen MR) is 111 cm³/mol. The van der Waals surface area contributed by atoms with E-state index in [0.717, 1.165) is 17.9 Å². The molecule has 1 aromatic carbocycles. The van der Waals surface area contributed by atoms with Crippen LogP contribution < -0.4 is 10.1 Å². The minimum Gasteiger partial charge on any atom is -0.493 e. The molecule has 7 heteroatoms. The monoisotopic (exact) mass is 419 g/mol. The molecular weight excluding hydrogens is 390 g/mol. The minimum absolute atomic E-state index is 0.0709. The van der Waals surface area contributed by atoms with Crippen molar-refractivity contribution >= 4 is 21.7 Å². The highest BCUT2D eigenvalue weighted by atomic mass is 32.2. The zero-order chi connectivity index (χ0) is 20.9. The quantitative estimate of drug-likeness (QED) is 0.440. The largest absolute Gasteiger partial charge is 0.493 e. The smallest absolute Gasteiger partial charge is 0.230 e. The van der Waals surface area contributed by atoms with Crippen LogP contribution in [0.4, 0.5) is 0 Å². The lowest BCUT2D eigenvalue weighted by Crippen LogP contribution is -2.21. The molecule has 2 aliphatic rings. The van der Waals surface area contributed by atoms with E-state index in [9.17, 15) is 18.0 Å². The number of sulfone groups is 1. The number of hydrogen-bond acceptors (Lipinski definition) is 5. The van der Waals surface area contributed by atoms with Gasteiger partial charge in [-0.2, -0.15) is 0 Å². The molecule has 0 spiro atoms. The number of rotatable bonds is 11. The third-order valence-corrected chi connectivity index (χ3v) is 7.23. The van der Waals surface area contributed by atoms with Crippen molar-refractivity contribution in [3.05, 3.63) is 42.0 Å². The third kappa shape index (κ3) is 6.99. The fraction of sp³-hybridized carbons (Fsp3) is 0.545. The molecule has 1 unspecified atom stereocenters. The Labute approximate surface area is 172 Å². The lowest BCUT2D eigenvalue weighted by molar-refractivity contribution is -0.125. The van der Waals surface area contributed by atoms with Crippen molar-refractivity contribution in [2.75, 3.05) is 18.1 Å². The highest BCUT2D eigenvalue weighted by Gasteiger charge is 2.29. The first-order chi connectivity index (χ1) is 13.8. The van der Waals surface area contributed by atoms with E-state index in [2.05, 4.69) is 5.32 Å². The van der Waals surface area contributed by atoms with Crippen molar-refractivity contribution in [3.63, 3.8) is 0 Å². The molecule has 0 aromatic heterocycles. The summed E-state index contributed by atoms with van der Waals surface area (Å²) >= 11 is 0. The van der Waals surface area contributed by atoms with Crippen LogP contribution in [0, 0.1) is 11.8 Å². The summed E-state index contributed by atoms with van der Waals surface area (Å²) in [4.78, 5) is 22.6. The average molecular weight is 420 g/mol. The fourth-order valence-corrected chi connectivity index (χ4v) is 5.01. The normalized spacial score (nSPS) is 20.8. The van der Waals surface area contributed by atoms with Crippen LogP contribution in [0.3, 0.4) is 0 Å². The van der Waals surface area contributed by atoms with E-state index in [0.29, 0.717) is 18.8 Å². The van der Waals surface area contributed by atoms with E-state index in [1.807, 2.05) is 31.2 Å². The van der Waals surface area contributed by atoms with Gasteiger partial charge in [0, 0.05) is 6.42 Å². The molecule has 2 fully saturated rings. The van der Waals surface area contributed by atoms with Crippen LogP contribution in [0.15, 0.2) is 36.4 Å². The second-order valence-electron chi connectivity index (χ2n) is 8.15. The van der Waals surface area contributed by atoms with Crippen molar-refractivity contribution in [1.29, 1.82) is 0 Å². The summed E-state index contributed by atoms with van der Waals surface area (Å²) in [5, 5.41) is 2.27. The maximum atomic E-state index is 12.5. The molecule has 1 heterocycles. The maximum absolute atomic E-state index is 12.5. The molecule has 1 aliphatic carbocycles. The van der Waals surface area contributed by atoms with Gasteiger partial charge in [-0.1, -0.05) is 31.2 Å². The van der Waals surface area contributed by atoms with Crippen LogP contribution in [-0.2, 0) is 19.4 Å². The van der Waals surface area contributed by atoms with Crippen LogP contribution >= 0.6 is 0 Å². The summed E-state index contributed by atoms with van der Waals surface area (Å²) in [6.07, 6.45) is 7.11. The first-order valence-corrected chi connectivity index (χ1v) is 12.1. The summed E-state index contributed by atoms with van der Waals surface area (Å²) in [6.45, 7) is 2.66. The summed E-state index contributed by atoms with van der Waals surface area (Å²) in [6, 6.07) is 7.71. The molecule has 158 valence electrons. The molecule has 29 heavy (non-hydrogen) atoms. The second kappa shape index (κ2) is 9.57. The lowest BCUT2D eigenvalue weighted by Gasteiger charge is -2.14. The molecule has 1 aromatic rings. The van der Waals surface area contributed by atoms with Gasteiger partial charge in [0.25, 0.3) is 0 Å². The Kier molecular flexibility index (Phi) is 7.11. The standard InChI is InChI=1S/C22H29NO5S/c1-16(18-7-5-8-20(12-18)28-14-17-9-10-17)15-29(26,27)11-4-2-3-6-19-13-21(24)23-22(19)25/h2-3,5,7-8,12,16-17,19H,4,6,9-11,13-15H2,1H3,(H,23,24,25)/b3-2+/t16-,19?/m0/s1. The summed E-state index contributed by atoms with van der Waals surface area (Å²) in [5.41, 5.74) is 0.967. The van der Waals surface area contributed by atoms with Crippen molar-refractivity contribution in [3.8, 4) is 5.75 Å². The van der Waals surface area contributed by atoms with Gasteiger partial charge in [0.2, 0.25) is 11.8 Å². The lowest BCUT2D eigenvalue weighted by atomic mass is 10.0. The van der Waals surface area contributed by atoms with Crippen molar-refractivity contribution in [1.82, 2.24) is 5.32 Å². The maximum Gasteiger partial charge on any atom is 0.230 e. The van der Waals surface area contributed by atoms with Crippen LogP contribution in [0.5, 0.6) is 5.75 Å². The van der Waals surface area contributed by atoms with Crippen LogP contribution in [-0.4, -0.2) is 38.3 Å². The van der Waals surface area contributed by atoms with Gasteiger partial charge in [0.15, 0.2) is 9.84 Å². The molecule has 1 saturated carbocycles. The van der Waals surface area contributed by atoms with Gasteiger partial charge in [-0.05, 0) is 55.2 Å². The molecule has 1 saturated heterocycles. The molecule has 2 atom stereocenters. The summed E-state index contributed by atoms with van der Waals surface area (Å²) in [5.74, 6) is 0.709. The number of amides is 2. The summed E-state index contributed by atoms with van der Waals surface area (Å²) < 4.78 is 30.7. The SMILES string of the molecule is C[C@@H](CS(=O)(=O)CC/C=C/CC1CC(=O)NC1=O)c1cccc(OCC2CC2)c1. The number of nitrogens with one attached hydrogen (secondary N) is 1. The number of carbonyl (C=O) groups excluding carboxylic acids is 2. The van der Waals surface area contributed by atoms with Gasteiger partial charge < -0.3 is 4.74 Å². The van der Waals surface area contributed by atoms with Gasteiger partial charge in [-0.15, -0.1) is 0 Å². The molecule has 6 nitrogen and oxygen atoms in total. The Bertz CT molecular complexity index is 873. The number of carbonyl (C=O) groups is 2. The van der Waals surface area contributed by atoms with E-state index in [-0.39, 0.29) is 41.6 Å². The highest BCUT2D eigenvalue weighted by Crippen LogP contribution is 2.30. The van der Waals surface area contributed by atoms with Crippen LogP contribution in [0.2, 0.25) is 0 Å². The van der Waals surface area contributed by atoms with Crippen LogP contribution in [0.1, 0.15) is 50.5 Å². The number of imide groups is 1. The Morgan fingerprint density at radius 2 is 2.03 bits per heavy atom. The average Bonchev–Trinajstić information content (AvgIpc) is 3.44. The van der Waals surface area contributed by atoms with Gasteiger partial charge in [-0.3, -0.25) is 14.9 Å². The van der Waals surface area contributed by atoms with E-state index in [4.69, 9.17) is 4.74 Å². The Hall–Kier alpha value is -2.15. The second-order valence-corrected chi connectivity index (χ2v) is 10.4. The predicted octanol–water partition coefficient (Wildman–Crippen LogP) is 2.99. The molecule has 2 amide bonds. The van der Waals surface area contributed by atoms with Gasteiger partial charge in [-0.25, -0.2) is 8.42 Å². The zero-order valence-corrected chi connectivity index (χ0v) is 17.6. The van der Waals surface area contributed by atoms with Gasteiger partial charge >= 0.3 is 0 Å². The van der Waals surface area contributed by atoms with Gasteiger partial charge in [0.1, 0.15) is 5.75 Å². The van der Waals surface area contributed by atoms with Crippen molar-refractivity contribution in [2.45, 2.75) is 44.9 Å². The first kappa shape index (κ1) is 21.6. The summed E-state index contributed by atoms with van der Waals surface area (Å²) in [7, 11) is -3.20. The topological polar surface area (TPSA) is 89.5 Å². The molecule has 0 bridgehead atoms. The fourth-order valence-electron chi connectivity index (χ4n) is 3.39. The first-order valence-electron chi connectivity index (χ1n) is 10.2. The van der Waals surface area contributed by atoms with Crippen molar-refractivity contribution < 1.29 is 22.7 Å². The minimum atomic E-state index is -3.20. The molecular formula is C22H29NO5S. The van der Waals surface area contributed by atoms with E-state index < -0.39 is 9.84 Å². The van der Waals surface area contributed by atoms with Crippen LogP contribution in [0.25, 0.3) is 0 Å². The Balaban J connectivity index is 1.43. The number of ether oxygens (including phenoxy) is 1. The number of allylic oxidation sites excluding steroid dienone is 2. The Morgan fingerprint density at radius 1 is 1.24 bits per heavy atom. The zero-order valence-electron chi connectivity index (χ0n) is 16.8. The van der Waals surface area contributed by atoms with E-state index in [1.54, 1.807) is 12.2 Å². The molecule has 1 N–H and O–H groups in total. The van der Waals surface area contributed by atoms with E-state index in [1.165, 1.54) is 12.8 Å². The molecule has 1 aliphatic heterocycles.